The maximum Gasteiger partial charge on any atom is 0.336 e. The zero-order chi connectivity index (χ0) is 22.5. The van der Waals surface area contributed by atoms with E-state index in [0.717, 1.165) is 16.8 Å². The highest BCUT2D eigenvalue weighted by Gasteiger charge is 2.15. The molecule has 0 atom stereocenters. The van der Waals surface area contributed by atoms with Crippen molar-refractivity contribution in [2.24, 2.45) is 0 Å². The summed E-state index contributed by atoms with van der Waals surface area (Å²) in [6.07, 6.45) is 0. The summed E-state index contributed by atoms with van der Waals surface area (Å²) in [5.41, 5.74) is 3.97. The number of carbonyl (C=O) groups is 1. The fourth-order valence-corrected chi connectivity index (χ4v) is 3.24. The van der Waals surface area contributed by atoms with Gasteiger partial charge in [-0.05, 0) is 50.2 Å². The number of aryl methyl sites for hydroxylation is 1. The van der Waals surface area contributed by atoms with Crippen molar-refractivity contribution in [2.75, 3.05) is 19.0 Å². The summed E-state index contributed by atoms with van der Waals surface area (Å²) in [5.74, 6) is 1.05. The number of hydrogen-bond acceptors (Lipinski definition) is 5. The van der Waals surface area contributed by atoms with Crippen molar-refractivity contribution in [3.63, 3.8) is 0 Å². The Hall–Kier alpha value is -4.13. The molecule has 0 aliphatic heterocycles. The third-order valence-electron chi connectivity index (χ3n) is 4.85. The standard InChI is InChI=1S/C25H24N4O3/c1-4-32-25-27-23(18-13-11-17(2)12-14-18)29(28-25)21-9-6-8-20(16-21)26-24(30)19-7-5-10-22(15-19)31-3/h5-16H,4H2,1-3H3,(H,26,30). The van der Waals surface area contributed by atoms with Crippen molar-refractivity contribution in [2.45, 2.75) is 13.8 Å². The molecule has 4 rings (SSSR count). The number of anilines is 1. The summed E-state index contributed by atoms with van der Waals surface area (Å²) in [7, 11) is 1.57. The minimum Gasteiger partial charge on any atom is -0.497 e. The molecule has 0 unspecified atom stereocenters. The van der Waals surface area contributed by atoms with E-state index in [4.69, 9.17) is 9.47 Å². The molecule has 0 aliphatic rings. The Kier molecular flexibility index (Phi) is 6.17. The molecule has 0 bridgehead atoms. The highest BCUT2D eigenvalue weighted by atomic mass is 16.5. The molecule has 0 saturated carbocycles. The van der Waals surface area contributed by atoms with Crippen molar-refractivity contribution in [1.29, 1.82) is 0 Å². The minimum absolute atomic E-state index is 0.228. The number of nitrogens with zero attached hydrogens (tertiary/aromatic N) is 3. The molecule has 3 aromatic carbocycles. The van der Waals surface area contributed by atoms with E-state index in [1.165, 1.54) is 0 Å². The third-order valence-corrected chi connectivity index (χ3v) is 4.85. The van der Waals surface area contributed by atoms with E-state index in [2.05, 4.69) is 15.4 Å². The number of methoxy groups -OCH3 is 1. The lowest BCUT2D eigenvalue weighted by molar-refractivity contribution is 0.102. The van der Waals surface area contributed by atoms with E-state index in [0.29, 0.717) is 35.4 Å². The summed E-state index contributed by atoms with van der Waals surface area (Å²) < 4.78 is 12.5. The Bertz CT molecular complexity index is 1230. The van der Waals surface area contributed by atoms with Gasteiger partial charge in [0.25, 0.3) is 5.91 Å². The summed E-state index contributed by atoms with van der Waals surface area (Å²) in [6, 6.07) is 22.8. The summed E-state index contributed by atoms with van der Waals surface area (Å²) in [4.78, 5) is 17.3. The SMILES string of the molecule is CCOc1nc(-c2ccc(C)cc2)n(-c2cccc(NC(=O)c3cccc(OC)c3)c2)n1. The Labute approximate surface area is 186 Å². The molecule has 1 N–H and O–H groups in total. The fourth-order valence-electron chi connectivity index (χ4n) is 3.24. The number of aromatic nitrogens is 3. The molecule has 0 fully saturated rings. The summed E-state index contributed by atoms with van der Waals surface area (Å²) in [5, 5.41) is 7.46. The van der Waals surface area contributed by atoms with E-state index in [-0.39, 0.29) is 5.91 Å². The van der Waals surface area contributed by atoms with E-state index in [1.807, 2.05) is 62.4 Å². The van der Waals surface area contributed by atoms with Gasteiger partial charge >= 0.3 is 6.01 Å². The van der Waals surface area contributed by atoms with Crippen LogP contribution in [0.5, 0.6) is 11.8 Å². The van der Waals surface area contributed by atoms with Gasteiger partial charge in [-0.2, -0.15) is 4.98 Å². The molecule has 1 aromatic heterocycles. The zero-order valence-electron chi connectivity index (χ0n) is 18.2. The molecule has 0 aliphatic carbocycles. The Balaban J connectivity index is 1.66. The Morgan fingerprint density at radius 1 is 1.03 bits per heavy atom. The van der Waals surface area contributed by atoms with Gasteiger partial charge in [0, 0.05) is 16.8 Å². The molecule has 7 nitrogen and oxygen atoms in total. The van der Waals surface area contributed by atoms with Gasteiger partial charge in [-0.3, -0.25) is 4.79 Å². The predicted molar refractivity (Wildman–Crippen MR) is 124 cm³/mol. The topological polar surface area (TPSA) is 78.3 Å². The van der Waals surface area contributed by atoms with E-state index >= 15 is 0 Å². The second-order valence-electron chi connectivity index (χ2n) is 7.17. The normalized spacial score (nSPS) is 10.6. The summed E-state index contributed by atoms with van der Waals surface area (Å²) >= 11 is 0. The highest BCUT2D eigenvalue weighted by Crippen LogP contribution is 2.25. The largest absolute Gasteiger partial charge is 0.497 e. The van der Waals surface area contributed by atoms with E-state index < -0.39 is 0 Å². The van der Waals surface area contributed by atoms with Crippen molar-refractivity contribution < 1.29 is 14.3 Å². The molecule has 7 heteroatoms. The van der Waals surface area contributed by atoms with Gasteiger partial charge in [-0.15, -0.1) is 5.10 Å². The van der Waals surface area contributed by atoms with E-state index in [1.54, 1.807) is 36.1 Å². The molecule has 4 aromatic rings. The number of nitrogens with one attached hydrogen (secondary N) is 1. The van der Waals surface area contributed by atoms with Crippen LogP contribution < -0.4 is 14.8 Å². The van der Waals surface area contributed by atoms with Crippen LogP contribution in [0.15, 0.2) is 72.8 Å². The average molecular weight is 428 g/mol. The van der Waals surface area contributed by atoms with Crippen LogP contribution in [0.3, 0.4) is 0 Å². The molecule has 162 valence electrons. The molecule has 0 saturated heterocycles. The molecular formula is C25H24N4O3. The van der Waals surface area contributed by atoms with Gasteiger partial charge in [0.05, 0.1) is 19.4 Å². The number of hydrogen-bond donors (Lipinski definition) is 1. The van der Waals surface area contributed by atoms with Crippen LogP contribution in [0, 0.1) is 6.92 Å². The van der Waals surface area contributed by atoms with Gasteiger partial charge in [0.2, 0.25) is 0 Å². The lowest BCUT2D eigenvalue weighted by atomic mass is 10.1. The van der Waals surface area contributed by atoms with Crippen molar-refractivity contribution in [3.05, 3.63) is 83.9 Å². The average Bonchev–Trinajstić information content (AvgIpc) is 3.24. The van der Waals surface area contributed by atoms with Crippen LogP contribution in [0.4, 0.5) is 5.69 Å². The van der Waals surface area contributed by atoms with Gasteiger partial charge in [0.15, 0.2) is 5.82 Å². The van der Waals surface area contributed by atoms with Crippen molar-refractivity contribution in [1.82, 2.24) is 14.8 Å². The van der Waals surface area contributed by atoms with Crippen molar-refractivity contribution in [3.8, 4) is 28.8 Å². The second-order valence-corrected chi connectivity index (χ2v) is 7.17. The molecule has 32 heavy (non-hydrogen) atoms. The number of carbonyl (C=O) groups excluding carboxylic acids is 1. The predicted octanol–water partition coefficient (Wildman–Crippen LogP) is 4.90. The lowest BCUT2D eigenvalue weighted by Crippen LogP contribution is -2.12. The maximum atomic E-state index is 12.7. The molecule has 1 heterocycles. The quantitative estimate of drug-likeness (QED) is 0.453. The second kappa shape index (κ2) is 9.34. The first-order valence-electron chi connectivity index (χ1n) is 10.3. The third kappa shape index (κ3) is 4.62. The van der Waals surface area contributed by atoms with Gasteiger partial charge < -0.3 is 14.8 Å². The monoisotopic (exact) mass is 428 g/mol. The fraction of sp³-hybridized carbons (Fsp3) is 0.160. The number of benzene rings is 3. The van der Waals surface area contributed by atoms with Crippen LogP contribution in [0.1, 0.15) is 22.8 Å². The number of ether oxygens (including phenoxy) is 2. The summed E-state index contributed by atoms with van der Waals surface area (Å²) in [6.45, 7) is 4.39. The first kappa shape index (κ1) is 21.1. The minimum atomic E-state index is -0.228. The number of rotatable bonds is 7. The van der Waals surface area contributed by atoms with Crippen LogP contribution in [0.25, 0.3) is 17.1 Å². The smallest absolute Gasteiger partial charge is 0.336 e. The first-order valence-corrected chi connectivity index (χ1v) is 10.3. The maximum absolute atomic E-state index is 12.7. The Morgan fingerprint density at radius 2 is 1.81 bits per heavy atom. The highest BCUT2D eigenvalue weighted by molar-refractivity contribution is 6.04. The van der Waals surface area contributed by atoms with Gasteiger partial charge in [-0.25, -0.2) is 4.68 Å². The Morgan fingerprint density at radius 3 is 2.56 bits per heavy atom. The van der Waals surface area contributed by atoms with Crippen LogP contribution in [0.2, 0.25) is 0 Å². The lowest BCUT2D eigenvalue weighted by Gasteiger charge is -2.10. The molecule has 0 radical (unpaired) electrons. The van der Waals surface area contributed by atoms with Crippen LogP contribution in [-0.2, 0) is 0 Å². The van der Waals surface area contributed by atoms with E-state index in [9.17, 15) is 4.79 Å². The molecule has 1 amide bonds. The first-order chi connectivity index (χ1) is 15.6. The number of amides is 1. The molecule has 0 spiro atoms. The van der Waals surface area contributed by atoms with Crippen LogP contribution in [-0.4, -0.2) is 34.4 Å². The van der Waals surface area contributed by atoms with Gasteiger partial charge in [-0.1, -0.05) is 42.0 Å². The van der Waals surface area contributed by atoms with Gasteiger partial charge in [0.1, 0.15) is 5.75 Å². The molecular weight excluding hydrogens is 404 g/mol. The van der Waals surface area contributed by atoms with Crippen molar-refractivity contribution >= 4 is 11.6 Å². The zero-order valence-corrected chi connectivity index (χ0v) is 18.2. The van der Waals surface area contributed by atoms with Crippen LogP contribution >= 0.6 is 0 Å².